The van der Waals surface area contributed by atoms with Crippen LogP contribution in [0.25, 0.3) is 11.1 Å². The quantitative estimate of drug-likeness (QED) is 0.206. The third-order valence-electron chi connectivity index (χ3n) is 5.19. The van der Waals surface area contributed by atoms with Crippen molar-refractivity contribution in [1.82, 2.24) is 0 Å². The van der Waals surface area contributed by atoms with E-state index in [-0.39, 0.29) is 38.3 Å². The molecule has 0 unspecified atom stereocenters. The Morgan fingerprint density at radius 3 is 2.29 bits per heavy atom. The summed E-state index contributed by atoms with van der Waals surface area (Å²) < 4.78 is 89.9. The third-order valence-corrected chi connectivity index (χ3v) is 6.28. The summed E-state index contributed by atoms with van der Waals surface area (Å²) in [4.78, 5) is 12.7. The molecule has 3 rings (SSSR count). The molecule has 0 aliphatic rings. The molecule has 3 aromatic rings. The van der Waals surface area contributed by atoms with Gasteiger partial charge in [-0.05, 0) is 47.9 Å². The normalized spacial score (nSPS) is 13.0. The second kappa shape index (κ2) is 9.13. The van der Waals surface area contributed by atoms with Crippen molar-refractivity contribution in [2.45, 2.75) is 30.3 Å². The average Bonchev–Trinajstić information content (AvgIpc) is 2.71. The van der Waals surface area contributed by atoms with Gasteiger partial charge in [0.05, 0.1) is 4.90 Å². The van der Waals surface area contributed by atoms with Crippen LogP contribution in [0, 0.1) is 16.8 Å². The Bertz CT molecular complexity index is 1370. The fraction of sp³-hybridized carbons (Fsp3) is 0.217. The standard InChI is InChI=1S/C23H18F5NO4S/c1-13(14-3-6-22(23(26,27)28)29(31)12-14)7-21(30)16-8-15(9-18(10-16)34(2,32)33)19-5-4-17(24)11-20(19)25/h3-6,8-13H,7H2,1-2H3/t13-/m0/s1. The van der Waals surface area contributed by atoms with Gasteiger partial charge in [-0.15, -0.1) is 0 Å². The fourth-order valence-corrected chi connectivity index (χ4v) is 4.06. The molecule has 1 aromatic heterocycles. The lowest BCUT2D eigenvalue weighted by Crippen LogP contribution is -2.37. The highest BCUT2D eigenvalue weighted by molar-refractivity contribution is 7.90. The second-order valence-corrected chi connectivity index (χ2v) is 9.86. The molecule has 1 heterocycles. The summed E-state index contributed by atoms with van der Waals surface area (Å²) in [5.74, 6) is -3.07. The van der Waals surface area contributed by atoms with E-state index in [2.05, 4.69) is 0 Å². The molecule has 0 amide bonds. The number of alkyl halides is 3. The van der Waals surface area contributed by atoms with Crippen molar-refractivity contribution < 1.29 is 39.9 Å². The second-order valence-electron chi connectivity index (χ2n) is 7.84. The monoisotopic (exact) mass is 499 g/mol. The van der Waals surface area contributed by atoms with Gasteiger partial charge in [-0.2, -0.15) is 17.9 Å². The molecule has 0 saturated carbocycles. The number of carbonyl (C=O) groups excluding carboxylic acids is 1. The molecule has 2 aromatic carbocycles. The zero-order valence-electron chi connectivity index (χ0n) is 17.9. The molecule has 11 heteroatoms. The zero-order valence-corrected chi connectivity index (χ0v) is 18.7. The number of sulfone groups is 1. The van der Waals surface area contributed by atoms with Crippen LogP contribution in [0.3, 0.4) is 0 Å². The van der Waals surface area contributed by atoms with Gasteiger partial charge in [-0.1, -0.05) is 6.92 Å². The summed E-state index contributed by atoms with van der Waals surface area (Å²) in [5.41, 5.74) is -1.41. The first-order valence-electron chi connectivity index (χ1n) is 9.81. The first kappa shape index (κ1) is 25.3. The maximum absolute atomic E-state index is 14.3. The number of rotatable bonds is 6. The molecule has 0 spiro atoms. The molecule has 0 saturated heterocycles. The number of hydrogen-bond acceptors (Lipinski definition) is 4. The highest BCUT2D eigenvalue weighted by atomic mass is 32.2. The molecule has 1 atom stereocenters. The van der Waals surface area contributed by atoms with Gasteiger partial charge >= 0.3 is 6.18 Å². The minimum absolute atomic E-state index is 0.0309. The highest BCUT2D eigenvalue weighted by Gasteiger charge is 2.39. The van der Waals surface area contributed by atoms with Crippen molar-refractivity contribution in [3.63, 3.8) is 0 Å². The zero-order chi connectivity index (χ0) is 25.4. The number of pyridine rings is 1. The van der Waals surface area contributed by atoms with Crippen LogP contribution >= 0.6 is 0 Å². The van der Waals surface area contributed by atoms with Gasteiger partial charge in [0.1, 0.15) is 11.6 Å². The van der Waals surface area contributed by atoms with Crippen LogP contribution in [0.15, 0.2) is 59.6 Å². The predicted molar refractivity (Wildman–Crippen MR) is 113 cm³/mol. The lowest BCUT2D eigenvalue weighted by molar-refractivity contribution is -0.629. The number of halogens is 5. The summed E-state index contributed by atoms with van der Waals surface area (Å²) in [6.45, 7) is 1.52. The number of nitrogens with zero attached hydrogens (tertiary/aromatic N) is 1. The number of ketones is 1. The molecule has 0 N–H and O–H groups in total. The average molecular weight is 499 g/mol. The van der Waals surface area contributed by atoms with Gasteiger partial charge < -0.3 is 5.21 Å². The van der Waals surface area contributed by atoms with Gasteiger partial charge in [0.15, 0.2) is 21.8 Å². The van der Waals surface area contributed by atoms with Crippen molar-refractivity contribution >= 4 is 15.6 Å². The third kappa shape index (κ3) is 5.58. The van der Waals surface area contributed by atoms with Crippen LogP contribution in [-0.2, 0) is 16.0 Å². The SMILES string of the molecule is C[C@@H](CC(=O)c1cc(-c2ccc(F)cc2F)cc(S(C)(=O)=O)c1)c1ccc(C(F)(F)F)[n+]([O-])c1. The van der Waals surface area contributed by atoms with E-state index in [1.54, 1.807) is 0 Å². The number of hydrogen-bond donors (Lipinski definition) is 0. The van der Waals surface area contributed by atoms with Crippen LogP contribution in [-0.4, -0.2) is 20.5 Å². The van der Waals surface area contributed by atoms with Gasteiger partial charge in [-0.25, -0.2) is 17.2 Å². The molecule has 0 radical (unpaired) electrons. The van der Waals surface area contributed by atoms with Crippen molar-refractivity contribution in [1.29, 1.82) is 0 Å². The van der Waals surface area contributed by atoms with Gasteiger partial charge in [0.2, 0.25) is 0 Å². The van der Waals surface area contributed by atoms with Crippen LogP contribution in [0.1, 0.15) is 40.9 Å². The topological polar surface area (TPSA) is 78.2 Å². The van der Waals surface area contributed by atoms with Crippen LogP contribution < -0.4 is 4.73 Å². The Labute approximate surface area is 192 Å². The largest absolute Gasteiger partial charge is 0.618 e. The molecule has 0 aliphatic carbocycles. The molecule has 0 bridgehead atoms. The molecule has 5 nitrogen and oxygen atoms in total. The van der Waals surface area contributed by atoms with E-state index in [1.807, 2.05) is 0 Å². The molecular weight excluding hydrogens is 481 g/mol. The number of aromatic nitrogens is 1. The molecule has 34 heavy (non-hydrogen) atoms. The highest BCUT2D eigenvalue weighted by Crippen LogP contribution is 2.30. The summed E-state index contributed by atoms with van der Waals surface area (Å²) >= 11 is 0. The maximum Gasteiger partial charge on any atom is 0.478 e. The summed E-state index contributed by atoms with van der Waals surface area (Å²) in [6.07, 6.45) is -3.48. The lowest BCUT2D eigenvalue weighted by Gasteiger charge is -2.14. The van der Waals surface area contributed by atoms with E-state index in [1.165, 1.54) is 13.0 Å². The first-order chi connectivity index (χ1) is 15.7. The number of carbonyl (C=O) groups is 1. The van der Waals surface area contributed by atoms with Gasteiger partial charge in [0.25, 0.3) is 5.69 Å². The molecule has 0 fully saturated rings. The molecular formula is C23H18F5NO4S. The first-order valence-corrected chi connectivity index (χ1v) is 11.7. The van der Waals surface area contributed by atoms with Gasteiger partial charge in [-0.3, -0.25) is 4.79 Å². The molecule has 0 aliphatic heterocycles. The lowest BCUT2D eigenvalue weighted by atomic mass is 9.92. The number of Topliss-reactive ketones (excluding diaryl/α,β-unsaturated/α-hetero) is 1. The van der Waals surface area contributed by atoms with Crippen molar-refractivity contribution in [3.8, 4) is 11.1 Å². The minimum atomic E-state index is -4.84. The van der Waals surface area contributed by atoms with Gasteiger partial charge in [0, 0.05) is 41.5 Å². The maximum atomic E-state index is 14.3. The van der Waals surface area contributed by atoms with Crippen LogP contribution in [0.2, 0.25) is 0 Å². The van der Waals surface area contributed by atoms with Crippen LogP contribution in [0.4, 0.5) is 22.0 Å². The predicted octanol–water partition coefficient (Wildman–Crippen LogP) is 5.06. The Kier molecular flexibility index (Phi) is 6.79. The summed E-state index contributed by atoms with van der Waals surface area (Å²) in [5, 5.41) is 11.7. The fourth-order valence-electron chi connectivity index (χ4n) is 3.37. The van der Waals surface area contributed by atoms with E-state index in [4.69, 9.17) is 0 Å². The van der Waals surface area contributed by atoms with Crippen molar-refractivity contribution in [2.75, 3.05) is 6.26 Å². The van der Waals surface area contributed by atoms with E-state index >= 15 is 0 Å². The van der Waals surface area contributed by atoms with E-state index in [0.29, 0.717) is 12.1 Å². The van der Waals surface area contributed by atoms with Crippen molar-refractivity contribution in [3.05, 3.63) is 88.4 Å². The van der Waals surface area contributed by atoms with Crippen molar-refractivity contribution in [2.24, 2.45) is 0 Å². The molecule has 180 valence electrons. The van der Waals surface area contributed by atoms with E-state index < -0.39 is 45.0 Å². The van der Waals surface area contributed by atoms with E-state index in [0.717, 1.165) is 42.8 Å². The number of benzene rings is 2. The van der Waals surface area contributed by atoms with E-state index in [9.17, 15) is 40.4 Å². The Morgan fingerprint density at radius 1 is 1.06 bits per heavy atom. The Morgan fingerprint density at radius 2 is 1.74 bits per heavy atom. The Balaban J connectivity index is 1.97. The summed E-state index contributed by atoms with van der Waals surface area (Å²) in [7, 11) is -3.82. The smallest absolute Gasteiger partial charge is 0.478 e. The Hall–Kier alpha value is -3.34. The van der Waals surface area contributed by atoms with Crippen LogP contribution in [0.5, 0.6) is 0 Å². The minimum Gasteiger partial charge on any atom is -0.618 e. The summed E-state index contributed by atoms with van der Waals surface area (Å²) in [6, 6.07) is 7.92.